The minimum atomic E-state index is 0.233. The lowest BCUT2D eigenvalue weighted by atomic mass is 9.84. The molecule has 4 aromatic carbocycles. The molecule has 0 fully saturated rings. The number of aromatic nitrogens is 1. The van der Waals surface area contributed by atoms with Crippen molar-refractivity contribution in [2.75, 3.05) is 0 Å². The highest BCUT2D eigenvalue weighted by molar-refractivity contribution is 6.23. The normalized spacial score (nSPS) is 18.1. The van der Waals surface area contributed by atoms with E-state index in [1.807, 2.05) is 0 Å². The van der Waals surface area contributed by atoms with Gasteiger partial charge >= 0.3 is 0 Å². The van der Waals surface area contributed by atoms with Crippen LogP contribution >= 0.6 is 0 Å². The predicted molar refractivity (Wildman–Crippen MR) is 139 cm³/mol. The third kappa shape index (κ3) is 2.85. The fourth-order valence-electron chi connectivity index (χ4n) is 5.27. The Morgan fingerprint density at radius 2 is 1.53 bits per heavy atom. The molecule has 0 amide bonds. The molecule has 154 valence electrons. The number of fused-ring (bicyclic) bond motifs is 1. The molecule has 1 heteroatoms. The minimum absolute atomic E-state index is 0.233. The Morgan fingerprint density at radius 1 is 0.781 bits per heavy atom. The average Bonchev–Trinajstić information content (AvgIpc) is 3.25. The van der Waals surface area contributed by atoms with E-state index in [0.29, 0.717) is 0 Å². The van der Waals surface area contributed by atoms with Crippen LogP contribution in [0.2, 0.25) is 0 Å². The molecule has 1 nitrogen and oxygen atoms in total. The maximum absolute atomic E-state index is 4.39. The van der Waals surface area contributed by atoms with Gasteiger partial charge in [0.1, 0.15) is 0 Å². The molecule has 0 saturated heterocycles. The quantitative estimate of drug-likeness (QED) is 0.280. The number of rotatable bonds is 2. The molecule has 5 aromatic rings. The molecule has 1 aliphatic rings. The van der Waals surface area contributed by atoms with Crippen LogP contribution in [0.5, 0.6) is 0 Å². The van der Waals surface area contributed by atoms with Crippen molar-refractivity contribution in [2.45, 2.75) is 19.3 Å². The van der Waals surface area contributed by atoms with Crippen LogP contribution in [0.3, 0.4) is 0 Å². The van der Waals surface area contributed by atoms with Gasteiger partial charge in [0.25, 0.3) is 0 Å². The highest BCUT2D eigenvalue weighted by Crippen LogP contribution is 2.41. The number of nitrogens with one attached hydrogen (secondary N) is 1. The summed E-state index contributed by atoms with van der Waals surface area (Å²) in [6, 6.07) is 20.2. The largest absolute Gasteiger partial charge is 0.361 e. The van der Waals surface area contributed by atoms with Crippen molar-refractivity contribution >= 4 is 44.0 Å². The SMILES string of the molecule is C=C1/C=C\C=C/C/C=C\c2[nH]cc(C(C)c3ccc4ccc5cccc6ccc3c4c56)c21. The van der Waals surface area contributed by atoms with E-state index in [-0.39, 0.29) is 5.92 Å². The third-order valence-electron chi connectivity index (χ3n) is 6.86. The molecule has 0 radical (unpaired) electrons. The summed E-state index contributed by atoms with van der Waals surface area (Å²) in [6.07, 6.45) is 15.9. The molecule has 1 unspecified atom stereocenters. The summed E-state index contributed by atoms with van der Waals surface area (Å²) in [5.41, 5.74) is 6.03. The van der Waals surface area contributed by atoms with Crippen LogP contribution in [0.4, 0.5) is 0 Å². The van der Waals surface area contributed by atoms with Gasteiger partial charge in [-0.2, -0.15) is 0 Å². The predicted octanol–water partition coefficient (Wildman–Crippen LogP) is 8.61. The Hall–Kier alpha value is -3.84. The number of aromatic amines is 1. The van der Waals surface area contributed by atoms with Crippen molar-refractivity contribution in [3.05, 3.63) is 120 Å². The topological polar surface area (TPSA) is 15.8 Å². The van der Waals surface area contributed by atoms with Gasteiger partial charge in [-0.05, 0) is 61.5 Å². The summed E-state index contributed by atoms with van der Waals surface area (Å²) in [7, 11) is 0. The Balaban J connectivity index is 1.57. The second kappa shape index (κ2) is 7.39. The Labute approximate surface area is 188 Å². The van der Waals surface area contributed by atoms with Crippen LogP contribution in [-0.4, -0.2) is 4.98 Å². The van der Waals surface area contributed by atoms with E-state index in [1.165, 1.54) is 49.0 Å². The first kappa shape index (κ1) is 18.9. The van der Waals surface area contributed by atoms with Gasteiger partial charge in [-0.25, -0.2) is 0 Å². The zero-order valence-electron chi connectivity index (χ0n) is 18.2. The smallest absolute Gasteiger partial charge is 0.0459 e. The first-order valence-electron chi connectivity index (χ1n) is 11.3. The Kier molecular flexibility index (Phi) is 4.36. The molecule has 32 heavy (non-hydrogen) atoms. The van der Waals surface area contributed by atoms with E-state index < -0.39 is 0 Å². The summed E-state index contributed by atoms with van der Waals surface area (Å²) >= 11 is 0. The lowest BCUT2D eigenvalue weighted by molar-refractivity contribution is 0.932. The van der Waals surface area contributed by atoms with Gasteiger partial charge in [0.2, 0.25) is 0 Å². The third-order valence-corrected chi connectivity index (χ3v) is 6.86. The number of hydrogen-bond donors (Lipinski definition) is 1. The second-order valence-corrected chi connectivity index (χ2v) is 8.72. The molecule has 1 heterocycles. The van der Waals surface area contributed by atoms with Crippen LogP contribution < -0.4 is 0 Å². The highest BCUT2D eigenvalue weighted by atomic mass is 14.7. The van der Waals surface area contributed by atoms with Crippen LogP contribution in [0.25, 0.3) is 44.0 Å². The molecule has 1 aromatic heterocycles. The van der Waals surface area contributed by atoms with Crippen molar-refractivity contribution < 1.29 is 0 Å². The van der Waals surface area contributed by atoms with Gasteiger partial charge in [0.15, 0.2) is 0 Å². The molecule has 6 rings (SSSR count). The number of hydrogen-bond acceptors (Lipinski definition) is 0. The minimum Gasteiger partial charge on any atom is -0.361 e. The van der Waals surface area contributed by atoms with E-state index in [9.17, 15) is 0 Å². The number of allylic oxidation sites excluding steroid dienone is 6. The van der Waals surface area contributed by atoms with Crippen molar-refractivity contribution in [1.82, 2.24) is 4.98 Å². The van der Waals surface area contributed by atoms with Crippen LogP contribution in [0.1, 0.15) is 41.6 Å². The fraction of sp³-hybridized carbons (Fsp3) is 0.0968. The van der Waals surface area contributed by atoms with Gasteiger partial charge in [0.05, 0.1) is 0 Å². The van der Waals surface area contributed by atoms with E-state index >= 15 is 0 Å². The Bertz CT molecular complexity index is 1560. The van der Waals surface area contributed by atoms with Crippen molar-refractivity contribution in [2.24, 2.45) is 0 Å². The molecular formula is C31H25N. The molecule has 1 atom stereocenters. The molecule has 0 saturated carbocycles. The molecule has 1 aliphatic carbocycles. The van der Waals surface area contributed by atoms with Crippen molar-refractivity contribution in [1.29, 1.82) is 0 Å². The van der Waals surface area contributed by atoms with E-state index in [1.54, 1.807) is 0 Å². The zero-order valence-corrected chi connectivity index (χ0v) is 18.2. The summed E-state index contributed by atoms with van der Waals surface area (Å²) in [4.78, 5) is 3.52. The highest BCUT2D eigenvalue weighted by Gasteiger charge is 2.21. The number of H-pyrrole nitrogens is 1. The van der Waals surface area contributed by atoms with Crippen LogP contribution in [0.15, 0.2) is 97.8 Å². The second-order valence-electron chi connectivity index (χ2n) is 8.72. The van der Waals surface area contributed by atoms with Crippen molar-refractivity contribution in [3.63, 3.8) is 0 Å². The summed E-state index contributed by atoms with van der Waals surface area (Å²) < 4.78 is 0. The maximum atomic E-state index is 4.39. The average molecular weight is 412 g/mol. The molecule has 0 aliphatic heterocycles. The molecule has 0 bridgehead atoms. The van der Waals surface area contributed by atoms with Gasteiger partial charge in [-0.3, -0.25) is 0 Å². The first-order valence-corrected chi connectivity index (χ1v) is 11.3. The molecular weight excluding hydrogens is 386 g/mol. The maximum Gasteiger partial charge on any atom is 0.0459 e. The standard InChI is InChI=1S/C31H25N/c1-20-9-6-4-3-5-7-12-28-29(20)27(19-32-28)21(2)25-17-15-24-14-13-22-10-8-11-23-16-18-26(25)31(24)30(22)23/h3-4,6-19,21,32H,1,5H2,2H3/b4-3-,9-6-,12-7-. The van der Waals surface area contributed by atoms with Gasteiger partial charge in [0, 0.05) is 23.4 Å². The summed E-state index contributed by atoms with van der Waals surface area (Å²) in [5, 5.41) is 8.01. The molecule has 0 spiro atoms. The fourth-order valence-corrected chi connectivity index (χ4v) is 5.27. The summed E-state index contributed by atoms with van der Waals surface area (Å²) in [6.45, 7) is 6.71. The monoisotopic (exact) mass is 411 g/mol. The van der Waals surface area contributed by atoms with E-state index in [4.69, 9.17) is 0 Å². The lowest BCUT2D eigenvalue weighted by Gasteiger charge is -2.19. The molecule has 1 N–H and O–H groups in total. The van der Waals surface area contributed by atoms with Gasteiger partial charge in [-0.15, -0.1) is 0 Å². The van der Waals surface area contributed by atoms with E-state index in [0.717, 1.165) is 17.7 Å². The van der Waals surface area contributed by atoms with Crippen LogP contribution in [-0.2, 0) is 0 Å². The first-order chi connectivity index (χ1) is 15.7. The summed E-state index contributed by atoms with van der Waals surface area (Å²) in [5.74, 6) is 0.233. The van der Waals surface area contributed by atoms with Crippen molar-refractivity contribution in [3.8, 4) is 0 Å². The number of benzene rings is 4. The Morgan fingerprint density at radius 3 is 2.38 bits per heavy atom. The van der Waals surface area contributed by atoms with Crippen LogP contribution in [0, 0.1) is 0 Å². The van der Waals surface area contributed by atoms with Gasteiger partial charge in [-0.1, -0.05) is 98.5 Å². The lowest BCUT2D eigenvalue weighted by Crippen LogP contribution is -2.00. The van der Waals surface area contributed by atoms with E-state index in [2.05, 4.69) is 116 Å². The zero-order chi connectivity index (χ0) is 21.7. The van der Waals surface area contributed by atoms with Gasteiger partial charge < -0.3 is 4.98 Å².